The van der Waals surface area contributed by atoms with E-state index in [1.807, 2.05) is 0 Å². The van der Waals surface area contributed by atoms with Crippen LogP contribution >= 0.6 is 23.4 Å². The van der Waals surface area contributed by atoms with Gasteiger partial charge in [-0.15, -0.1) is 11.8 Å². The number of anilines is 2. The summed E-state index contributed by atoms with van der Waals surface area (Å²) in [5, 5.41) is 9.91. The monoisotopic (exact) mass is 544 g/mol. The Morgan fingerprint density at radius 2 is 1.95 bits per heavy atom. The van der Waals surface area contributed by atoms with Crippen LogP contribution in [0.1, 0.15) is 49.7 Å². The van der Waals surface area contributed by atoms with Gasteiger partial charge in [0.25, 0.3) is 5.91 Å². The third-order valence-electron chi connectivity index (χ3n) is 5.98. The van der Waals surface area contributed by atoms with Gasteiger partial charge in [-0.3, -0.25) is 19.3 Å². The summed E-state index contributed by atoms with van der Waals surface area (Å²) in [5.74, 6) is 0.186. The molecule has 1 aliphatic carbocycles. The van der Waals surface area contributed by atoms with Crippen LogP contribution < -0.4 is 15.5 Å². The Hall–Kier alpha value is -3.24. The first-order valence-corrected chi connectivity index (χ1v) is 13.7. The molecule has 196 valence electrons. The third kappa shape index (κ3) is 7.39. The van der Waals surface area contributed by atoms with Gasteiger partial charge in [0.15, 0.2) is 11.9 Å². The highest BCUT2D eigenvalue weighted by atomic mass is 35.5. The second-order valence-corrected chi connectivity index (χ2v) is 10.3. The molecule has 1 aliphatic rings. The lowest BCUT2D eigenvalue weighted by Crippen LogP contribution is -2.47. The molecular formula is C26H29ClN4O5S. The van der Waals surface area contributed by atoms with Gasteiger partial charge < -0.3 is 19.6 Å². The summed E-state index contributed by atoms with van der Waals surface area (Å²) in [5.41, 5.74) is 0.459. The zero-order valence-electron chi connectivity index (χ0n) is 20.4. The molecule has 3 amide bonds. The molecule has 1 atom stereocenters. The predicted molar refractivity (Wildman–Crippen MR) is 143 cm³/mol. The van der Waals surface area contributed by atoms with E-state index in [1.165, 1.54) is 11.2 Å². The number of hydrogen-bond donors (Lipinski definition) is 2. The van der Waals surface area contributed by atoms with Gasteiger partial charge in [-0.05, 0) is 50.1 Å². The fraction of sp³-hybridized carbons (Fsp3) is 0.385. The van der Waals surface area contributed by atoms with Crippen molar-refractivity contribution in [2.24, 2.45) is 0 Å². The molecule has 3 aromatic rings. The van der Waals surface area contributed by atoms with Gasteiger partial charge in [-0.2, -0.15) is 0 Å². The van der Waals surface area contributed by atoms with Gasteiger partial charge in [0.1, 0.15) is 11.5 Å². The van der Waals surface area contributed by atoms with Crippen LogP contribution in [0.25, 0.3) is 0 Å². The lowest BCUT2D eigenvalue weighted by atomic mass is 9.95. The van der Waals surface area contributed by atoms with Crippen molar-refractivity contribution >= 4 is 52.6 Å². The number of furan rings is 1. The molecule has 4 rings (SSSR count). The summed E-state index contributed by atoms with van der Waals surface area (Å²) in [7, 11) is 0. The topological polar surface area (TPSA) is 118 Å². The van der Waals surface area contributed by atoms with E-state index in [2.05, 4.69) is 15.8 Å². The number of nitrogens with zero attached hydrogens (tertiary/aromatic N) is 2. The van der Waals surface area contributed by atoms with Crippen LogP contribution in [0.5, 0.6) is 0 Å². The SMILES string of the molecule is Cc1cc(NC(=O)CSCC(=O)N(c2cccc(Cl)c2)[C@H](C(=O)NC2CCCCC2)c2ccco2)no1. The molecule has 2 aromatic heterocycles. The number of carbonyl (C=O) groups excluding carboxylic acids is 3. The Balaban J connectivity index is 1.52. The van der Waals surface area contributed by atoms with Crippen LogP contribution in [0.2, 0.25) is 5.02 Å². The van der Waals surface area contributed by atoms with Crippen molar-refractivity contribution in [1.82, 2.24) is 10.5 Å². The maximum absolute atomic E-state index is 13.6. The molecule has 0 spiro atoms. The largest absolute Gasteiger partial charge is 0.467 e. The molecule has 0 radical (unpaired) electrons. The van der Waals surface area contributed by atoms with Gasteiger partial charge in [0.05, 0.1) is 17.8 Å². The van der Waals surface area contributed by atoms with Crippen molar-refractivity contribution in [1.29, 1.82) is 0 Å². The molecule has 1 saturated carbocycles. The highest BCUT2D eigenvalue weighted by Gasteiger charge is 2.36. The molecule has 0 aliphatic heterocycles. The number of carbonyl (C=O) groups is 3. The quantitative estimate of drug-likeness (QED) is 0.363. The Labute approximate surface area is 224 Å². The molecule has 11 heteroatoms. The van der Waals surface area contributed by atoms with Crippen LogP contribution in [-0.4, -0.2) is 40.4 Å². The number of amides is 3. The number of halogens is 1. The first-order chi connectivity index (χ1) is 17.9. The van der Waals surface area contributed by atoms with E-state index in [4.69, 9.17) is 20.5 Å². The van der Waals surface area contributed by atoms with Gasteiger partial charge in [-0.25, -0.2) is 0 Å². The van der Waals surface area contributed by atoms with Crippen molar-refractivity contribution in [2.75, 3.05) is 21.7 Å². The minimum Gasteiger partial charge on any atom is -0.467 e. The van der Waals surface area contributed by atoms with Gasteiger partial charge in [0.2, 0.25) is 11.8 Å². The van der Waals surface area contributed by atoms with Crippen molar-refractivity contribution in [3.8, 4) is 0 Å². The average Bonchev–Trinajstić information content (AvgIpc) is 3.54. The molecule has 1 aromatic carbocycles. The molecule has 0 bridgehead atoms. The Morgan fingerprint density at radius 3 is 2.62 bits per heavy atom. The lowest BCUT2D eigenvalue weighted by molar-refractivity contribution is -0.127. The summed E-state index contributed by atoms with van der Waals surface area (Å²) in [6.07, 6.45) is 6.54. The second-order valence-electron chi connectivity index (χ2n) is 8.87. The van der Waals surface area contributed by atoms with Gasteiger partial charge >= 0.3 is 0 Å². The summed E-state index contributed by atoms with van der Waals surface area (Å²) in [6.45, 7) is 1.72. The summed E-state index contributed by atoms with van der Waals surface area (Å²) >= 11 is 7.38. The zero-order chi connectivity index (χ0) is 26.2. The first kappa shape index (κ1) is 26.8. The smallest absolute Gasteiger partial charge is 0.251 e. The highest BCUT2D eigenvalue weighted by molar-refractivity contribution is 8.00. The molecule has 0 saturated heterocycles. The molecule has 9 nitrogen and oxygen atoms in total. The van der Waals surface area contributed by atoms with E-state index in [1.54, 1.807) is 49.4 Å². The number of hydrogen-bond acceptors (Lipinski definition) is 7. The number of thioether (sulfide) groups is 1. The standard InChI is InChI=1S/C26H29ClN4O5S/c1-17-13-22(30-36-17)29-23(32)15-37-16-24(33)31(20-10-5-7-18(27)14-20)25(21-11-6-12-35-21)26(34)28-19-8-3-2-4-9-19/h5-7,10-14,19,25H,2-4,8-9,15-16H2,1H3,(H,28,34)(H,29,30,32)/t25-/m0/s1. The average molecular weight is 545 g/mol. The van der Waals surface area contributed by atoms with E-state index in [0.717, 1.165) is 43.9 Å². The van der Waals surface area contributed by atoms with E-state index < -0.39 is 6.04 Å². The van der Waals surface area contributed by atoms with Gasteiger partial charge in [0, 0.05) is 22.8 Å². The first-order valence-electron chi connectivity index (χ1n) is 12.1. The fourth-order valence-electron chi connectivity index (χ4n) is 4.32. The zero-order valence-corrected chi connectivity index (χ0v) is 22.0. The number of nitrogens with one attached hydrogen (secondary N) is 2. The molecule has 2 N–H and O–H groups in total. The Kier molecular flexibility index (Phi) is 9.29. The molecular weight excluding hydrogens is 516 g/mol. The number of rotatable bonds is 10. The summed E-state index contributed by atoms with van der Waals surface area (Å²) < 4.78 is 10.6. The maximum atomic E-state index is 13.6. The summed E-state index contributed by atoms with van der Waals surface area (Å²) in [6, 6.07) is 10.7. The van der Waals surface area contributed by atoms with Crippen molar-refractivity contribution in [3.05, 3.63) is 65.3 Å². The van der Waals surface area contributed by atoms with Crippen molar-refractivity contribution in [3.63, 3.8) is 0 Å². The minimum absolute atomic E-state index is 0.0146. The van der Waals surface area contributed by atoms with E-state index in [-0.39, 0.29) is 35.3 Å². The number of benzene rings is 1. The second kappa shape index (κ2) is 12.8. The van der Waals surface area contributed by atoms with Crippen LogP contribution in [0.4, 0.5) is 11.5 Å². The van der Waals surface area contributed by atoms with E-state index in [0.29, 0.717) is 28.0 Å². The Morgan fingerprint density at radius 1 is 1.14 bits per heavy atom. The molecule has 0 unspecified atom stereocenters. The van der Waals surface area contributed by atoms with E-state index >= 15 is 0 Å². The van der Waals surface area contributed by atoms with Gasteiger partial charge in [-0.1, -0.05) is 42.1 Å². The van der Waals surface area contributed by atoms with Crippen LogP contribution in [0.3, 0.4) is 0 Å². The van der Waals surface area contributed by atoms with Crippen LogP contribution in [0.15, 0.2) is 57.7 Å². The third-order valence-corrected chi connectivity index (χ3v) is 7.13. The minimum atomic E-state index is -1.03. The fourth-order valence-corrected chi connectivity index (χ4v) is 5.17. The maximum Gasteiger partial charge on any atom is 0.251 e. The van der Waals surface area contributed by atoms with Crippen LogP contribution in [-0.2, 0) is 14.4 Å². The van der Waals surface area contributed by atoms with Crippen LogP contribution in [0, 0.1) is 6.92 Å². The molecule has 37 heavy (non-hydrogen) atoms. The van der Waals surface area contributed by atoms with Crippen molar-refractivity contribution in [2.45, 2.75) is 51.1 Å². The lowest BCUT2D eigenvalue weighted by Gasteiger charge is -2.32. The molecule has 1 fully saturated rings. The highest BCUT2D eigenvalue weighted by Crippen LogP contribution is 2.31. The normalized spacial score (nSPS) is 14.6. The number of aromatic nitrogens is 1. The molecule has 2 heterocycles. The van der Waals surface area contributed by atoms with E-state index in [9.17, 15) is 14.4 Å². The van der Waals surface area contributed by atoms with Crippen molar-refractivity contribution < 1.29 is 23.3 Å². The Bertz CT molecular complexity index is 1210. The summed E-state index contributed by atoms with van der Waals surface area (Å²) in [4.78, 5) is 40.9. The number of aryl methyl sites for hydroxylation is 1. The predicted octanol–water partition coefficient (Wildman–Crippen LogP) is 5.12.